The van der Waals surface area contributed by atoms with Gasteiger partial charge >= 0.3 is 41.1 Å². The molecular weight excluding hydrogens is 1160 g/mol. The highest BCUT2D eigenvalue weighted by molar-refractivity contribution is 6.26. The maximum atomic E-state index is 15.8. The first-order valence-electron chi connectivity index (χ1n) is 24.4. The molecule has 1 aliphatic carbocycles. The summed E-state index contributed by atoms with van der Waals surface area (Å²) in [4.78, 5) is 120. The van der Waals surface area contributed by atoms with E-state index in [2.05, 4.69) is 0 Å². The molecule has 86 heavy (non-hydrogen) atoms. The van der Waals surface area contributed by atoms with Gasteiger partial charge < -0.3 is 119 Å². The van der Waals surface area contributed by atoms with Crippen molar-refractivity contribution in [3.8, 4) is 114 Å². The predicted molar refractivity (Wildman–Crippen MR) is 268 cm³/mol. The minimum absolute atomic E-state index is 0.287. The van der Waals surface area contributed by atoms with Gasteiger partial charge in [0.05, 0.1) is 38.9 Å². The van der Waals surface area contributed by atoms with E-state index < -0.39 is 287 Å². The SMILES string of the molecule is O=C1OC[C@H]2OC(=O)c3cc(O)c(O)c(O)c3-c3c(O)c(O)c(O)c4c3C(=O)O[C@H]([C@H]3OC(=O)C5C4=C(O)C(=O)C54Oc5c(O)c6oc(=O)c7cc(O)c(O)c8oc(=O)c(c5[C@H]34)c6c87)[C@@H]2OC(=O)c2cc(O)c(O)c(O)c2-c2c1cc(O)c(O)c2O. The monoisotopic (exact) mass is 1190 g/mol. The second-order valence-electron chi connectivity index (χ2n) is 20.2. The average molecular weight is 1190 g/mol. The number of hydrogen-bond donors (Lipinski definition) is 16. The van der Waals surface area contributed by atoms with Gasteiger partial charge in [0.25, 0.3) is 0 Å². The molecule has 16 N–H and O–H groups in total. The summed E-state index contributed by atoms with van der Waals surface area (Å²) in [6.45, 7) is -1.65. The van der Waals surface area contributed by atoms with E-state index in [1.807, 2.05) is 0 Å². The van der Waals surface area contributed by atoms with Crippen LogP contribution < -0.4 is 16.0 Å². The Balaban J connectivity index is 1.15. The molecule has 0 saturated carbocycles. The predicted octanol–water partition coefficient (Wildman–Crippen LogP) is 2.19. The molecule has 32 nitrogen and oxygen atoms in total. The van der Waals surface area contributed by atoms with E-state index in [0.717, 1.165) is 0 Å². The number of aromatic hydroxyl groups is 15. The van der Waals surface area contributed by atoms with Crippen LogP contribution in [0.15, 0.2) is 48.4 Å². The fraction of sp³-hybridized carbons (Fsp3) is 0.148. The van der Waals surface area contributed by atoms with Crippen LogP contribution in [0.3, 0.4) is 0 Å². The Morgan fingerprint density at radius 3 is 1.52 bits per heavy atom. The standard InChI is InChI=1S/C54H28O32/c55-10-1-6-15(32(63)28(10)59)16-7(2-11(56)29(60)33(16)64)49(74)81-40-14(5-79-47(6)72)80-48(73)8-3-12(57)30(61)34(65)17(8)19-22-20(36(67)38(69)35(19)66)24-27-53(78)84-44(45(40)85-51(22)76)26-25-23-21-18-9(4-13(58)31(62)41(18)83-52(23)77)50(75)82-42(21)39(70)43(25)86-54(26,27)46(71)37(24)68/h1-4,14,26-27,40,44-45,55-70H,5H2/t14-,26-,27?,40-,44+,45+,54?/m1/s1. The summed E-state index contributed by atoms with van der Waals surface area (Å²) in [6.07, 6.45) is -11.7. The van der Waals surface area contributed by atoms with Gasteiger partial charge in [-0.3, -0.25) is 9.59 Å². The number of Topliss-reactive ketones (excluding diaryl/α,β-unsaturated/α-hetero) is 1. The van der Waals surface area contributed by atoms with Crippen LogP contribution in [-0.4, -0.2) is 154 Å². The van der Waals surface area contributed by atoms with Gasteiger partial charge in [-0.1, -0.05) is 0 Å². The molecule has 436 valence electrons. The largest absolute Gasteiger partial charge is 0.504 e. The summed E-state index contributed by atoms with van der Waals surface area (Å²) in [5.74, 6) is -42.5. The van der Waals surface area contributed by atoms with Gasteiger partial charge in [0.1, 0.15) is 12.5 Å². The molecule has 1 spiro atoms. The van der Waals surface area contributed by atoms with E-state index in [-0.39, 0.29) is 12.1 Å². The number of cyclic esters (lactones) is 1. The Labute approximate surface area is 467 Å². The highest BCUT2D eigenvalue weighted by atomic mass is 16.6. The molecular formula is C54H28O32. The second kappa shape index (κ2) is 16.4. The first-order valence-corrected chi connectivity index (χ1v) is 24.4. The highest BCUT2D eigenvalue weighted by Crippen LogP contribution is 2.68. The third kappa shape index (κ3) is 6.02. The third-order valence-corrected chi connectivity index (χ3v) is 16.1. The highest BCUT2D eigenvalue weighted by Gasteiger charge is 2.76. The number of benzene rings is 6. The van der Waals surface area contributed by atoms with Crippen molar-refractivity contribution in [3.63, 3.8) is 0 Å². The van der Waals surface area contributed by atoms with Crippen molar-refractivity contribution >= 4 is 73.9 Å². The van der Waals surface area contributed by atoms with E-state index in [9.17, 15) is 96.1 Å². The molecule has 15 rings (SSSR count). The van der Waals surface area contributed by atoms with Crippen LogP contribution in [0.1, 0.15) is 58.5 Å². The summed E-state index contributed by atoms with van der Waals surface area (Å²) >= 11 is 0. The fourth-order valence-electron chi connectivity index (χ4n) is 12.5. The molecule has 32 heteroatoms. The van der Waals surface area contributed by atoms with Crippen LogP contribution in [0.5, 0.6) is 92.0 Å². The van der Waals surface area contributed by atoms with Crippen molar-refractivity contribution < 1.29 is 148 Å². The van der Waals surface area contributed by atoms with Crippen molar-refractivity contribution in [3.05, 3.63) is 84.2 Å². The number of aliphatic hydroxyl groups excluding tert-OH is 1. The zero-order chi connectivity index (χ0) is 61.4. The topological polar surface area (TPSA) is 542 Å². The summed E-state index contributed by atoms with van der Waals surface area (Å²) in [5, 5.41) is 179. The van der Waals surface area contributed by atoms with Crippen LogP contribution >= 0.6 is 0 Å². The lowest BCUT2D eigenvalue weighted by Crippen LogP contribution is -2.65. The zero-order valence-corrected chi connectivity index (χ0v) is 41.7. The smallest absolute Gasteiger partial charge is 0.344 e. The molecule has 1 saturated heterocycles. The number of ether oxygens (including phenoxy) is 6. The van der Waals surface area contributed by atoms with Crippen LogP contribution in [0.4, 0.5) is 0 Å². The van der Waals surface area contributed by atoms with Crippen LogP contribution in [0, 0.1) is 5.92 Å². The molecule has 2 unspecified atom stereocenters. The van der Waals surface area contributed by atoms with E-state index in [0.29, 0.717) is 12.1 Å². The fourth-order valence-corrected chi connectivity index (χ4v) is 12.5. The van der Waals surface area contributed by atoms with Crippen molar-refractivity contribution in [2.75, 3.05) is 6.61 Å². The van der Waals surface area contributed by atoms with Gasteiger partial charge in [-0.2, -0.15) is 0 Å². The molecule has 6 aliphatic heterocycles. The van der Waals surface area contributed by atoms with E-state index in [1.165, 1.54) is 0 Å². The number of aliphatic hydroxyl groups is 1. The van der Waals surface area contributed by atoms with Gasteiger partial charge in [0.2, 0.25) is 45.9 Å². The Morgan fingerprint density at radius 1 is 0.419 bits per heavy atom. The molecule has 0 amide bonds. The number of carbonyl (C=O) groups excluding carboxylic acids is 6. The summed E-state index contributed by atoms with van der Waals surface area (Å²) in [7, 11) is 0. The number of phenolic OH excluding ortho intramolecular Hbond substituents is 15. The molecule has 0 radical (unpaired) electrons. The zero-order valence-electron chi connectivity index (χ0n) is 41.7. The average Bonchev–Trinajstić information content (AvgIpc) is 1.51. The Bertz CT molecular complexity index is 4870. The first-order chi connectivity index (χ1) is 40.6. The maximum absolute atomic E-state index is 15.8. The molecule has 6 aromatic carbocycles. The van der Waals surface area contributed by atoms with Crippen molar-refractivity contribution in [2.24, 2.45) is 5.92 Å². The summed E-state index contributed by atoms with van der Waals surface area (Å²) < 4.78 is 46.8. The number of phenols is 15. The van der Waals surface area contributed by atoms with Gasteiger partial charge in [-0.25, -0.2) is 28.8 Å². The van der Waals surface area contributed by atoms with E-state index >= 15 is 24.0 Å². The Hall–Kier alpha value is -12.4. The number of ketones is 1. The van der Waals surface area contributed by atoms with Crippen molar-refractivity contribution in [1.82, 2.24) is 0 Å². The quantitative estimate of drug-likeness (QED) is 0.0340. The van der Waals surface area contributed by atoms with E-state index in [1.54, 1.807) is 0 Å². The minimum atomic E-state index is -3.42. The summed E-state index contributed by atoms with van der Waals surface area (Å²) in [5.41, 5.74) is -22.8. The normalized spacial score (nSPS) is 22.7. The Kier molecular flexibility index (Phi) is 9.88. The van der Waals surface area contributed by atoms with Crippen LogP contribution in [-0.2, 0) is 33.3 Å². The lowest BCUT2D eigenvalue weighted by molar-refractivity contribution is -0.199. The molecule has 6 bridgehead atoms. The number of hydrogen-bond acceptors (Lipinski definition) is 32. The van der Waals surface area contributed by atoms with Gasteiger partial charge in [-0.05, 0) is 24.3 Å². The van der Waals surface area contributed by atoms with Crippen molar-refractivity contribution in [1.29, 1.82) is 0 Å². The van der Waals surface area contributed by atoms with Gasteiger partial charge in [0, 0.05) is 49.7 Å². The number of esters is 5. The minimum Gasteiger partial charge on any atom is -0.504 e. The lowest BCUT2D eigenvalue weighted by atomic mass is 9.66. The molecule has 8 heterocycles. The second-order valence-corrected chi connectivity index (χ2v) is 20.2. The number of fused-ring (bicyclic) bond motifs is 9. The van der Waals surface area contributed by atoms with Crippen molar-refractivity contribution in [2.45, 2.75) is 35.9 Å². The van der Waals surface area contributed by atoms with Crippen LogP contribution in [0.2, 0.25) is 0 Å². The first kappa shape index (κ1) is 51.7. The Morgan fingerprint density at radius 2 is 0.919 bits per heavy atom. The maximum Gasteiger partial charge on any atom is 0.344 e. The number of carbonyl (C=O) groups is 6. The molecule has 2 aromatic heterocycles. The number of rotatable bonds is 0. The summed E-state index contributed by atoms with van der Waals surface area (Å²) in [6, 6.07) is 1.60. The van der Waals surface area contributed by atoms with Crippen LogP contribution in [0.25, 0.3) is 60.5 Å². The third-order valence-electron chi connectivity index (χ3n) is 16.1. The molecule has 7 atom stereocenters. The molecule has 1 fully saturated rings. The van der Waals surface area contributed by atoms with E-state index in [4.69, 9.17) is 37.3 Å². The molecule has 8 aromatic rings. The van der Waals surface area contributed by atoms with Gasteiger partial charge in [0.15, 0.2) is 98.8 Å². The van der Waals surface area contributed by atoms with Gasteiger partial charge in [-0.15, -0.1) is 0 Å². The molecule has 7 aliphatic rings. The lowest BCUT2D eigenvalue weighted by Gasteiger charge is -2.47.